The fourth-order valence-corrected chi connectivity index (χ4v) is 2.64. The van der Waals surface area contributed by atoms with Crippen molar-refractivity contribution in [1.29, 1.82) is 0 Å². The number of ether oxygens (including phenoxy) is 1. The van der Waals surface area contributed by atoms with Crippen LogP contribution in [0.2, 0.25) is 0 Å². The number of hydrogen-bond donors (Lipinski definition) is 1. The molecule has 0 heterocycles. The monoisotopic (exact) mass is 288 g/mol. The van der Waals surface area contributed by atoms with E-state index < -0.39 is 5.97 Å². The van der Waals surface area contributed by atoms with Gasteiger partial charge in [-0.3, -0.25) is 0 Å². The molecule has 0 spiro atoms. The van der Waals surface area contributed by atoms with Crippen molar-refractivity contribution in [1.82, 2.24) is 0 Å². The highest BCUT2D eigenvalue weighted by molar-refractivity contribution is 7.99. The Morgan fingerprint density at radius 2 is 1.80 bits per heavy atom. The lowest BCUT2D eigenvalue weighted by Crippen LogP contribution is -2.01. The van der Waals surface area contributed by atoms with Gasteiger partial charge in [0.2, 0.25) is 0 Å². The Kier molecular flexibility index (Phi) is 4.69. The van der Waals surface area contributed by atoms with Crippen molar-refractivity contribution in [3.8, 4) is 5.75 Å². The van der Waals surface area contributed by atoms with Crippen LogP contribution in [0.5, 0.6) is 5.75 Å². The maximum atomic E-state index is 11.4. The van der Waals surface area contributed by atoms with Crippen molar-refractivity contribution in [3.05, 3.63) is 53.6 Å². The van der Waals surface area contributed by atoms with Gasteiger partial charge in [-0.25, -0.2) is 4.79 Å². The quantitative estimate of drug-likeness (QED) is 0.867. The van der Waals surface area contributed by atoms with Gasteiger partial charge in [0.05, 0.1) is 7.11 Å². The van der Waals surface area contributed by atoms with Crippen molar-refractivity contribution < 1.29 is 14.6 Å². The number of carbonyl (C=O) groups excluding carboxylic acids is 1. The van der Waals surface area contributed by atoms with Gasteiger partial charge >= 0.3 is 5.97 Å². The summed E-state index contributed by atoms with van der Waals surface area (Å²) in [6, 6.07) is 13.2. The number of aryl methyl sites for hydroxylation is 1. The van der Waals surface area contributed by atoms with Crippen LogP contribution in [0.4, 0.5) is 0 Å². The molecule has 0 saturated carbocycles. The molecule has 0 amide bonds. The molecule has 1 N–H and O–H groups in total. The topological polar surface area (TPSA) is 46.5 Å². The molecule has 2 aromatic rings. The minimum Gasteiger partial charge on any atom is -0.507 e. The van der Waals surface area contributed by atoms with E-state index in [0.717, 1.165) is 16.2 Å². The second-order valence-electron chi connectivity index (χ2n) is 4.27. The zero-order chi connectivity index (χ0) is 14.5. The second kappa shape index (κ2) is 6.48. The molecule has 0 saturated heterocycles. The van der Waals surface area contributed by atoms with E-state index in [1.807, 2.05) is 0 Å². The van der Waals surface area contributed by atoms with Crippen LogP contribution in [0.3, 0.4) is 0 Å². The summed E-state index contributed by atoms with van der Waals surface area (Å²) in [5.74, 6) is -0.599. The maximum absolute atomic E-state index is 11.4. The molecule has 0 fully saturated rings. The Morgan fingerprint density at radius 1 is 1.15 bits per heavy atom. The number of benzene rings is 2. The van der Waals surface area contributed by atoms with Gasteiger partial charge < -0.3 is 9.84 Å². The van der Waals surface area contributed by atoms with Crippen LogP contribution >= 0.6 is 11.8 Å². The van der Waals surface area contributed by atoms with Gasteiger partial charge in [0.15, 0.2) is 0 Å². The fourth-order valence-electron chi connectivity index (χ4n) is 1.79. The summed E-state index contributed by atoms with van der Waals surface area (Å²) in [6.07, 6.45) is 1.01. The smallest absolute Gasteiger partial charge is 0.341 e. The molecule has 3 nitrogen and oxygen atoms in total. The molecular weight excluding hydrogens is 272 g/mol. The molecule has 0 unspecified atom stereocenters. The molecule has 0 aliphatic rings. The number of methoxy groups -OCH3 is 1. The molecule has 0 atom stereocenters. The number of carbonyl (C=O) groups is 1. The van der Waals surface area contributed by atoms with E-state index in [0.29, 0.717) is 0 Å². The standard InChI is InChI=1S/C16H16O3S/c1-3-11-4-6-12(7-5-11)20-13-8-9-14(15(17)10-13)16(18)19-2/h4-10,17H,3H2,1-2H3. The van der Waals surface area contributed by atoms with Gasteiger partial charge in [-0.2, -0.15) is 0 Å². The Bertz CT molecular complexity index is 606. The molecule has 0 aliphatic carbocycles. The lowest BCUT2D eigenvalue weighted by molar-refractivity contribution is 0.0597. The molecule has 0 radical (unpaired) electrons. The minimum absolute atomic E-state index is 0.0629. The summed E-state index contributed by atoms with van der Waals surface area (Å²) >= 11 is 1.54. The summed E-state index contributed by atoms with van der Waals surface area (Å²) in [6.45, 7) is 2.12. The predicted molar refractivity (Wildman–Crippen MR) is 79.4 cm³/mol. The van der Waals surface area contributed by atoms with E-state index in [-0.39, 0.29) is 11.3 Å². The number of aromatic hydroxyl groups is 1. The average Bonchev–Trinajstić information content (AvgIpc) is 2.47. The van der Waals surface area contributed by atoms with Crippen molar-refractivity contribution in [3.63, 3.8) is 0 Å². The zero-order valence-electron chi connectivity index (χ0n) is 11.4. The van der Waals surface area contributed by atoms with Crippen LogP contribution in [0.1, 0.15) is 22.8 Å². The first-order valence-electron chi connectivity index (χ1n) is 6.32. The molecule has 2 aromatic carbocycles. The highest BCUT2D eigenvalue weighted by Crippen LogP contribution is 2.31. The number of rotatable bonds is 4. The van der Waals surface area contributed by atoms with Crippen LogP contribution in [0, 0.1) is 0 Å². The SMILES string of the molecule is CCc1ccc(Sc2ccc(C(=O)OC)c(O)c2)cc1. The number of esters is 1. The summed E-state index contributed by atoms with van der Waals surface area (Å²) in [4.78, 5) is 13.4. The number of phenolic OH excluding ortho intramolecular Hbond substituents is 1. The van der Waals surface area contributed by atoms with E-state index >= 15 is 0 Å². The van der Waals surface area contributed by atoms with E-state index in [9.17, 15) is 9.90 Å². The summed E-state index contributed by atoms with van der Waals surface area (Å²) in [5.41, 5.74) is 1.47. The third-order valence-electron chi connectivity index (χ3n) is 2.94. The van der Waals surface area contributed by atoms with Gasteiger partial charge in [-0.1, -0.05) is 30.8 Å². The summed E-state index contributed by atoms with van der Waals surface area (Å²) < 4.78 is 4.60. The van der Waals surface area contributed by atoms with Crippen molar-refractivity contribution in [2.24, 2.45) is 0 Å². The van der Waals surface area contributed by atoms with Crippen LogP contribution in [0.25, 0.3) is 0 Å². The minimum atomic E-state index is -0.536. The Morgan fingerprint density at radius 3 is 2.35 bits per heavy atom. The van der Waals surface area contributed by atoms with Crippen LogP contribution in [-0.2, 0) is 11.2 Å². The molecule has 4 heteroatoms. The van der Waals surface area contributed by atoms with E-state index in [2.05, 4.69) is 35.9 Å². The summed E-state index contributed by atoms with van der Waals surface area (Å²) in [7, 11) is 1.29. The highest BCUT2D eigenvalue weighted by Gasteiger charge is 2.11. The maximum Gasteiger partial charge on any atom is 0.341 e. The van der Waals surface area contributed by atoms with Gasteiger partial charge in [0.1, 0.15) is 11.3 Å². The first-order valence-corrected chi connectivity index (χ1v) is 7.13. The Hall–Kier alpha value is -1.94. The van der Waals surface area contributed by atoms with E-state index in [1.54, 1.807) is 18.2 Å². The highest BCUT2D eigenvalue weighted by atomic mass is 32.2. The van der Waals surface area contributed by atoms with Crippen LogP contribution in [-0.4, -0.2) is 18.2 Å². The van der Waals surface area contributed by atoms with Gasteiger partial charge in [0.25, 0.3) is 0 Å². The van der Waals surface area contributed by atoms with E-state index in [1.165, 1.54) is 24.4 Å². The first-order chi connectivity index (χ1) is 9.63. The van der Waals surface area contributed by atoms with Gasteiger partial charge in [0, 0.05) is 9.79 Å². The first kappa shape index (κ1) is 14.5. The van der Waals surface area contributed by atoms with E-state index in [4.69, 9.17) is 0 Å². The van der Waals surface area contributed by atoms with Crippen molar-refractivity contribution in [2.45, 2.75) is 23.1 Å². The van der Waals surface area contributed by atoms with Crippen molar-refractivity contribution >= 4 is 17.7 Å². The molecule has 0 aliphatic heterocycles. The molecule has 0 aromatic heterocycles. The predicted octanol–water partition coefficient (Wildman–Crippen LogP) is 3.89. The number of phenols is 1. The molecular formula is C16H16O3S. The lowest BCUT2D eigenvalue weighted by atomic mass is 10.2. The Labute approximate surface area is 122 Å². The normalized spacial score (nSPS) is 10.3. The van der Waals surface area contributed by atoms with Crippen LogP contribution in [0.15, 0.2) is 52.3 Å². The number of hydrogen-bond acceptors (Lipinski definition) is 4. The average molecular weight is 288 g/mol. The zero-order valence-corrected chi connectivity index (χ0v) is 12.2. The Balaban J connectivity index is 2.17. The molecule has 104 valence electrons. The second-order valence-corrected chi connectivity index (χ2v) is 5.42. The largest absolute Gasteiger partial charge is 0.507 e. The fraction of sp³-hybridized carbons (Fsp3) is 0.188. The van der Waals surface area contributed by atoms with Gasteiger partial charge in [-0.15, -0.1) is 0 Å². The third kappa shape index (κ3) is 3.33. The van der Waals surface area contributed by atoms with Crippen molar-refractivity contribution in [2.75, 3.05) is 7.11 Å². The summed E-state index contributed by atoms with van der Waals surface area (Å²) in [5, 5.41) is 9.84. The molecule has 0 bridgehead atoms. The molecule has 2 rings (SSSR count). The lowest BCUT2D eigenvalue weighted by Gasteiger charge is -2.06. The molecule has 20 heavy (non-hydrogen) atoms. The van der Waals surface area contributed by atoms with Gasteiger partial charge in [-0.05, 0) is 42.3 Å². The third-order valence-corrected chi connectivity index (χ3v) is 3.94. The van der Waals surface area contributed by atoms with Crippen LogP contribution < -0.4 is 0 Å².